The Labute approximate surface area is 126 Å². The molecule has 1 amide bonds. The van der Waals surface area contributed by atoms with Gasteiger partial charge in [-0.3, -0.25) is 9.59 Å². The number of Topliss-reactive ketones (excluding diaryl/α,β-unsaturated/α-hetero) is 1. The molecule has 0 spiro atoms. The van der Waals surface area contributed by atoms with Crippen molar-refractivity contribution < 1.29 is 9.59 Å². The van der Waals surface area contributed by atoms with Crippen LogP contribution in [0.15, 0.2) is 28.7 Å². The third kappa shape index (κ3) is 6.25. The number of rotatable bonds is 5. The minimum Gasteiger partial charge on any atom is -0.325 e. The molecule has 0 aliphatic heterocycles. The fourth-order valence-electron chi connectivity index (χ4n) is 1.18. The van der Waals surface area contributed by atoms with Crippen LogP contribution >= 0.6 is 27.7 Å². The van der Waals surface area contributed by atoms with Crippen LogP contribution in [0.3, 0.4) is 0 Å². The summed E-state index contributed by atoms with van der Waals surface area (Å²) in [5.41, 5.74) is 0.422. The molecule has 5 heteroatoms. The van der Waals surface area contributed by atoms with Gasteiger partial charge in [0.2, 0.25) is 5.91 Å². The predicted molar refractivity (Wildman–Crippen MR) is 84.6 cm³/mol. The van der Waals surface area contributed by atoms with Crippen LogP contribution in [0.1, 0.15) is 20.8 Å². The molecule has 1 aromatic carbocycles. The maximum atomic E-state index is 11.7. The molecule has 0 aliphatic carbocycles. The first-order valence-corrected chi connectivity index (χ1v) is 7.90. The lowest BCUT2D eigenvalue weighted by molar-refractivity contribution is -0.123. The SMILES string of the molecule is CC(C)(C)C(=O)CSCC(=O)Nc1ccc(Br)cc1. The molecule has 0 aliphatic rings. The number of anilines is 1. The average molecular weight is 344 g/mol. The first-order valence-electron chi connectivity index (χ1n) is 5.95. The zero-order valence-corrected chi connectivity index (χ0v) is 13.7. The van der Waals surface area contributed by atoms with Gasteiger partial charge < -0.3 is 5.32 Å². The summed E-state index contributed by atoms with van der Waals surface area (Å²) >= 11 is 4.68. The minimum absolute atomic E-state index is 0.0889. The van der Waals surface area contributed by atoms with Gasteiger partial charge in [-0.1, -0.05) is 36.7 Å². The summed E-state index contributed by atoms with van der Waals surface area (Å²) in [4.78, 5) is 23.4. The van der Waals surface area contributed by atoms with Gasteiger partial charge in [0.25, 0.3) is 0 Å². The number of carbonyl (C=O) groups excluding carboxylic acids is 2. The molecule has 0 heterocycles. The van der Waals surface area contributed by atoms with E-state index in [1.807, 2.05) is 45.0 Å². The molecule has 1 rings (SSSR count). The monoisotopic (exact) mass is 343 g/mol. The Morgan fingerprint density at radius 1 is 1.16 bits per heavy atom. The highest BCUT2D eigenvalue weighted by molar-refractivity contribution is 9.10. The highest BCUT2D eigenvalue weighted by Crippen LogP contribution is 2.18. The lowest BCUT2D eigenvalue weighted by Crippen LogP contribution is -2.23. The number of ketones is 1. The van der Waals surface area contributed by atoms with E-state index in [4.69, 9.17) is 0 Å². The van der Waals surface area contributed by atoms with Crippen molar-refractivity contribution in [3.8, 4) is 0 Å². The summed E-state index contributed by atoms with van der Waals surface area (Å²) in [5, 5.41) is 2.79. The van der Waals surface area contributed by atoms with Gasteiger partial charge in [0, 0.05) is 15.6 Å². The van der Waals surface area contributed by atoms with E-state index in [1.165, 1.54) is 11.8 Å². The molecule has 0 aromatic heterocycles. The highest BCUT2D eigenvalue weighted by atomic mass is 79.9. The van der Waals surface area contributed by atoms with E-state index in [-0.39, 0.29) is 22.9 Å². The molecule has 0 saturated carbocycles. The number of hydrogen-bond donors (Lipinski definition) is 1. The van der Waals surface area contributed by atoms with Gasteiger partial charge in [0.05, 0.1) is 11.5 Å². The van der Waals surface area contributed by atoms with Crippen molar-refractivity contribution in [2.75, 3.05) is 16.8 Å². The molecule has 3 nitrogen and oxygen atoms in total. The molecule has 104 valence electrons. The number of hydrogen-bond acceptors (Lipinski definition) is 3. The Morgan fingerprint density at radius 2 is 1.74 bits per heavy atom. The Morgan fingerprint density at radius 3 is 2.26 bits per heavy atom. The Balaban J connectivity index is 2.33. The first kappa shape index (κ1) is 16.2. The number of benzene rings is 1. The van der Waals surface area contributed by atoms with Crippen molar-refractivity contribution in [2.24, 2.45) is 5.41 Å². The van der Waals surface area contributed by atoms with E-state index in [0.29, 0.717) is 5.75 Å². The van der Waals surface area contributed by atoms with Crippen molar-refractivity contribution in [3.63, 3.8) is 0 Å². The Kier molecular flexibility index (Phi) is 6.07. The molecule has 0 fully saturated rings. The summed E-state index contributed by atoms with van der Waals surface area (Å²) in [6.07, 6.45) is 0. The zero-order valence-electron chi connectivity index (χ0n) is 11.3. The van der Waals surface area contributed by atoms with Crippen molar-refractivity contribution in [3.05, 3.63) is 28.7 Å². The van der Waals surface area contributed by atoms with Gasteiger partial charge in [-0.05, 0) is 24.3 Å². The standard InChI is InChI=1S/C14H18BrNO2S/c1-14(2,3)12(17)8-19-9-13(18)16-11-6-4-10(15)5-7-11/h4-7H,8-9H2,1-3H3,(H,16,18). The number of amides is 1. The van der Waals surface area contributed by atoms with E-state index < -0.39 is 0 Å². The van der Waals surface area contributed by atoms with Crippen LogP contribution in [0.4, 0.5) is 5.69 Å². The second kappa shape index (κ2) is 7.10. The fourth-order valence-corrected chi connectivity index (χ4v) is 2.43. The summed E-state index contributed by atoms with van der Waals surface area (Å²) in [6, 6.07) is 7.39. The maximum Gasteiger partial charge on any atom is 0.234 e. The van der Waals surface area contributed by atoms with Gasteiger partial charge in [-0.2, -0.15) is 0 Å². The number of thioether (sulfide) groups is 1. The summed E-state index contributed by atoms with van der Waals surface area (Å²) < 4.78 is 0.968. The molecule has 0 atom stereocenters. The second-order valence-electron chi connectivity index (χ2n) is 5.22. The van der Waals surface area contributed by atoms with Crippen LogP contribution < -0.4 is 5.32 Å². The Hall–Kier alpha value is -0.810. The lowest BCUT2D eigenvalue weighted by atomic mass is 9.92. The molecular formula is C14H18BrNO2S. The van der Waals surface area contributed by atoms with Crippen LogP contribution in [0.2, 0.25) is 0 Å². The van der Waals surface area contributed by atoms with Crippen LogP contribution in [0.25, 0.3) is 0 Å². The second-order valence-corrected chi connectivity index (χ2v) is 7.12. The molecule has 0 unspecified atom stereocenters. The van der Waals surface area contributed by atoms with Crippen molar-refractivity contribution in [2.45, 2.75) is 20.8 Å². The zero-order chi connectivity index (χ0) is 14.5. The maximum absolute atomic E-state index is 11.7. The van der Waals surface area contributed by atoms with Gasteiger partial charge >= 0.3 is 0 Å². The molecule has 0 radical (unpaired) electrons. The van der Waals surface area contributed by atoms with Crippen molar-refractivity contribution in [1.29, 1.82) is 0 Å². The van der Waals surface area contributed by atoms with E-state index in [9.17, 15) is 9.59 Å². The number of halogens is 1. The third-order valence-electron chi connectivity index (χ3n) is 2.43. The fraction of sp³-hybridized carbons (Fsp3) is 0.429. The van der Waals surface area contributed by atoms with Crippen LogP contribution in [-0.2, 0) is 9.59 Å². The average Bonchev–Trinajstić information content (AvgIpc) is 2.31. The molecular weight excluding hydrogens is 326 g/mol. The Bertz CT molecular complexity index is 452. The summed E-state index contributed by atoms with van der Waals surface area (Å²) in [5.74, 6) is 0.734. The van der Waals surface area contributed by atoms with E-state index in [2.05, 4.69) is 21.2 Å². The van der Waals surface area contributed by atoms with Gasteiger partial charge in [-0.15, -0.1) is 11.8 Å². The minimum atomic E-state index is -0.338. The topological polar surface area (TPSA) is 46.2 Å². The number of carbonyl (C=O) groups is 2. The van der Waals surface area contributed by atoms with E-state index in [0.717, 1.165) is 10.2 Å². The van der Waals surface area contributed by atoms with E-state index in [1.54, 1.807) is 0 Å². The van der Waals surface area contributed by atoms with Crippen LogP contribution in [0.5, 0.6) is 0 Å². The normalized spacial score (nSPS) is 11.2. The van der Waals surface area contributed by atoms with Crippen LogP contribution in [0, 0.1) is 5.41 Å². The molecule has 1 aromatic rings. The van der Waals surface area contributed by atoms with Crippen LogP contribution in [-0.4, -0.2) is 23.2 Å². The molecule has 0 bridgehead atoms. The molecule has 0 saturated heterocycles. The van der Waals surface area contributed by atoms with Gasteiger partial charge in [-0.25, -0.2) is 0 Å². The largest absolute Gasteiger partial charge is 0.325 e. The summed E-state index contributed by atoms with van der Waals surface area (Å²) in [7, 11) is 0. The van der Waals surface area contributed by atoms with Gasteiger partial charge in [0.15, 0.2) is 0 Å². The quantitative estimate of drug-likeness (QED) is 0.885. The molecule has 19 heavy (non-hydrogen) atoms. The molecule has 1 N–H and O–H groups in total. The smallest absolute Gasteiger partial charge is 0.234 e. The van der Waals surface area contributed by atoms with E-state index >= 15 is 0 Å². The first-order chi connectivity index (χ1) is 8.79. The van der Waals surface area contributed by atoms with Crippen molar-refractivity contribution in [1.82, 2.24) is 0 Å². The van der Waals surface area contributed by atoms with Crippen molar-refractivity contribution >= 4 is 45.1 Å². The summed E-state index contributed by atoms with van der Waals surface area (Å²) in [6.45, 7) is 5.66. The number of nitrogens with one attached hydrogen (secondary N) is 1. The van der Waals surface area contributed by atoms with Gasteiger partial charge in [0.1, 0.15) is 5.78 Å². The predicted octanol–water partition coefficient (Wildman–Crippen LogP) is 3.74. The lowest BCUT2D eigenvalue weighted by Gasteiger charge is -2.15. The highest BCUT2D eigenvalue weighted by Gasteiger charge is 2.20. The third-order valence-corrected chi connectivity index (χ3v) is 3.89.